The van der Waals surface area contributed by atoms with Crippen molar-refractivity contribution >= 4 is 29.9 Å². The summed E-state index contributed by atoms with van der Waals surface area (Å²) >= 11 is 0. The number of morpholine rings is 1. The average molecular weight is 907 g/mol. The Labute approximate surface area is 377 Å². The summed E-state index contributed by atoms with van der Waals surface area (Å²) in [5, 5.41) is 8.21. The van der Waals surface area contributed by atoms with Crippen LogP contribution in [0.1, 0.15) is 102 Å². The molecule has 0 saturated carbocycles. The molecule has 1 saturated heterocycles. The Morgan fingerprint density at radius 3 is 1.80 bits per heavy atom. The van der Waals surface area contributed by atoms with Gasteiger partial charge in [-0.1, -0.05) is 49.4 Å². The molecule has 4 aromatic carbocycles. The lowest BCUT2D eigenvalue weighted by molar-refractivity contribution is -0.122. The van der Waals surface area contributed by atoms with Gasteiger partial charge in [0.2, 0.25) is 5.91 Å². The highest BCUT2D eigenvalue weighted by atomic mass is 19.1. The highest BCUT2D eigenvalue weighted by molar-refractivity contribution is 5.98. The summed E-state index contributed by atoms with van der Waals surface area (Å²) in [6, 6.07) is 17.8. The standard InChI is InChI=1S/C49H58F4N4O8/c1-9-39(30-13-19-33(50)20-14-30)55-45(59)62-28-41-29(2)63-36(27-57(41)47(61)65-49(6,7)8)25-26-37-38(53)11-10-12-40(37)54-44(58)43(56-46(60)64-48(3,4)5)42(31-15-21-34(51)22-16-31)32-17-23-35(52)24-18-32/h10-24,29,36,39,41-43H,9,25-28H2,1-8H3,(H,54,58)(H,55,59)(H,56,60)/t29-,36+,39+,41+,43-/m0/s1. The van der Waals surface area contributed by atoms with Gasteiger partial charge in [0.25, 0.3) is 0 Å². The van der Waals surface area contributed by atoms with Crippen molar-refractivity contribution in [2.45, 2.75) is 122 Å². The Bertz CT molecular complexity index is 2200. The predicted molar refractivity (Wildman–Crippen MR) is 236 cm³/mol. The van der Waals surface area contributed by atoms with Crippen LogP contribution < -0.4 is 16.0 Å². The fourth-order valence-corrected chi connectivity index (χ4v) is 7.52. The van der Waals surface area contributed by atoms with Gasteiger partial charge in [-0.05, 0) is 133 Å². The summed E-state index contributed by atoms with van der Waals surface area (Å²) in [5.41, 5.74) is -0.134. The molecule has 16 heteroatoms. The first kappa shape index (κ1) is 49.8. The van der Waals surface area contributed by atoms with Gasteiger partial charge in [-0.3, -0.25) is 9.69 Å². The van der Waals surface area contributed by atoms with Gasteiger partial charge in [0.05, 0.1) is 30.8 Å². The average Bonchev–Trinajstić information content (AvgIpc) is 3.22. The molecule has 1 aliphatic rings. The van der Waals surface area contributed by atoms with E-state index in [4.69, 9.17) is 18.9 Å². The van der Waals surface area contributed by atoms with Crippen LogP contribution in [0.25, 0.3) is 0 Å². The van der Waals surface area contributed by atoms with E-state index < -0.39 is 94.9 Å². The molecule has 0 radical (unpaired) electrons. The van der Waals surface area contributed by atoms with E-state index in [1.54, 1.807) is 60.6 Å². The molecule has 0 spiro atoms. The van der Waals surface area contributed by atoms with E-state index in [0.717, 1.165) is 0 Å². The largest absolute Gasteiger partial charge is 0.447 e. The van der Waals surface area contributed by atoms with Crippen molar-refractivity contribution in [3.05, 3.63) is 137 Å². The van der Waals surface area contributed by atoms with E-state index in [1.165, 1.54) is 83.8 Å². The molecule has 1 heterocycles. The van der Waals surface area contributed by atoms with Crippen LogP contribution >= 0.6 is 0 Å². The zero-order valence-corrected chi connectivity index (χ0v) is 37.9. The van der Waals surface area contributed by atoms with Crippen LogP contribution in [0.4, 0.5) is 37.6 Å². The van der Waals surface area contributed by atoms with Crippen LogP contribution in [0.2, 0.25) is 0 Å². The minimum atomic E-state index is -1.45. The van der Waals surface area contributed by atoms with Crippen molar-refractivity contribution < 1.29 is 55.7 Å². The van der Waals surface area contributed by atoms with E-state index in [2.05, 4.69) is 16.0 Å². The molecule has 0 bridgehead atoms. The molecule has 1 aliphatic heterocycles. The normalized spacial score (nSPS) is 17.4. The number of ether oxygens (including phenoxy) is 4. The van der Waals surface area contributed by atoms with Gasteiger partial charge in [-0.2, -0.15) is 0 Å². The Kier molecular flexibility index (Phi) is 16.6. The van der Waals surface area contributed by atoms with Gasteiger partial charge >= 0.3 is 18.3 Å². The number of nitrogens with one attached hydrogen (secondary N) is 3. The van der Waals surface area contributed by atoms with Gasteiger partial charge in [-0.25, -0.2) is 31.9 Å². The SMILES string of the molecule is CC[C@@H](NC(=O)OC[C@@H]1[C@H](C)O[C@H](CCc2c(F)cccc2NC(=O)[C@@H](NC(=O)OC(C)(C)C)C(c2ccc(F)cc2)c2ccc(F)cc2)CN1C(=O)OC(C)(C)C)c1ccc(F)cc1. The molecule has 4 aromatic rings. The Balaban J connectivity index is 1.36. The maximum Gasteiger partial charge on any atom is 0.410 e. The molecule has 350 valence electrons. The number of carbonyl (C=O) groups is 4. The zero-order chi connectivity index (χ0) is 47.6. The highest BCUT2D eigenvalue weighted by Crippen LogP contribution is 2.32. The van der Waals surface area contributed by atoms with Crippen molar-refractivity contribution in [2.24, 2.45) is 0 Å². The molecular weight excluding hydrogens is 849 g/mol. The minimum absolute atomic E-state index is 0.0106. The third-order valence-electron chi connectivity index (χ3n) is 10.6. The number of nitrogens with zero attached hydrogens (tertiary/aromatic N) is 1. The summed E-state index contributed by atoms with van der Waals surface area (Å²) < 4.78 is 80.9. The number of carbonyl (C=O) groups excluding carboxylic acids is 4. The Hall–Kier alpha value is -6.16. The van der Waals surface area contributed by atoms with Crippen LogP contribution in [-0.2, 0) is 30.2 Å². The highest BCUT2D eigenvalue weighted by Gasteiger charge is 2.41. The van der Waals surface area contributed by atoms with Crippen LogP contribution in [-0.4, -0.2) is 77.7 Å². The second kappa shape index (κ2) is 21.7. The smallest absolute Gasteiger partial charge is 0.410 e. The molecule has 12 nitrogen and oxygen atoms in total. The fourth-order valence-electron chi connectivity index (χ4n) is 7.52. The lowest BCUT2D eigenvalue weighted by Gasteiger charge is -2.43. The summed E-state index contributed by atoms with van der Waals surface area (Å²) in [6.45, 7) is 13.4. The lowest BCUT2D eigenvalue weighted by Crippen LogP contribution is -2.59. The molecule has 4 amide bonds. The first-order valence-electron chi connectivity index (χ1n) is 21.5. The molecule has 0 aliphatic carbocycles. The zero-order valence-electron chi connectivity index (χ0n) is 37.9. The molecule has 65 heavy (non-hydrogen) atoms. The maximum atomic E-state index is 15.9. The molecular formula is C49H58F4N4O8. The minimum Gasteiger partial charge on any atom is -0.447 e. The molecule has 5 atom stereocenters. The lowest BCUT2D eigenvalue weighted by atomic mass is 9.84. The number of anilines is 1. The van der Waals surface area contributed by atoms with Crippen molar-refractivity contribution in [3.8, 4) is 0 Å². The van der Waals surface area contributed by atoms with Crippen LogP contribution in [0.15, 0.2) is 91.0 Å². The number of benzene rings is 4. The van der Waals surface area contributed by atoms with E-state index in [9.17, 15) is 32.3 Å². The second-order valence-electron chi connectivity index (χ2n) is 17.9. The van der Waals surface area contributed by atoms with Crippen LogP contribution in [0.3, 0.4) is 0 Å². The van der Waals surface area contributed by atoms with Gasteiger partial charge in [0, 0.05) is 17.2 Å². The van der Waals surface area contributed by atoms with E-state index in [1.807, 2.05) is 6.92 Å². The summed E-state index contributed by atoms with van der Waals surface area (Å²) in [7, 11) is 0. The monoisotopic (exact) mass is 906 g/mol. The topological polar surface area (TPSA) is 145 Å². The molecule has 0 aromatic heterocycles. The van der Waals surface area contributed by atoms with Gasteiger partial charge in [0.15, 0.2) is 0 Å². The third-order valence-corrected chi connectivity index (χ3v) is 10.6. The number of hydrogen-bond acceptors (Lipinski definition) is 8. The summed E-state index contributed by atoms with van der Waals surface area (Å²) in [4.78, 5) is 55.9. The van der Waals surface area contributed by atoms with E-state index in [-0.39, 0.29) is 37.2 Å². The number of alkyl carbamates (subject to hydrolysis) is 2. The van der Waals surface area contributed by atoms with E-state index >= 15 is 4.39 Å². The van der Waals surface area contributed by atoms with Gasteiger partial charge in [-0.15, -0.1) is 0 Å². The van der Waals surface area contributed by atoms with Gasteiger partial charge < -0.3 is 34.9 Å². The number of halogens is 4. The van der Waals surface area contributed by atoms with Crippen molar-refractivity contribution in [3.63, 3.8) is 0 Å². The Morgan fingerprint density at radius 2 is 1.28 bits per heavy atom. The van der Waals surface area contributed by atoms with Crippen molar-refractivity contribution in [1.29, 1.82) is 0 Å². The second-order valence-corrected chi connectivity index (χ2v) is 17.9. The number of rotatable bonds is 14. The predicted octanol–water partition coefficient (Wildman–Crippen LogP) is 10.1. The number of hydrogen-bond donors (Lipinski definition) is 3. The molecule has 3 N–H and O–H groups in total. The quantitative estimate of drug-likeness (QED) is 0.0838. The maximum absolute atomic E-state index is 15.9. The third kappa shape index (κ3) is 14.4. The van der Waals surface area contributed by atoms with Crippen molar-refractivity contribution in [2.75, 3.05) is 18.5 Å². The van der Waals surface area contributed by atoms with Crippen LogP contribution in [0.5, 0.6) is 0 Å². The van der Waals surface area contributed by atoms with E-state index in [0.29, 0.717) is 23.1 Å². The molecule has 0 unspecified atom stereocenters. The van der Waals surface area contributed by atoms with Crippen LogP contribution in [0, 0.1) is 23.3 Å². The Morgan fingerprint density at radius 1 is 0.738 bits per heavy atom. The summed E-state index contributed by atoms with van der Waals surface area (Å²) in [6.07, 6.45) is -3.06. The van der Waals surface area contributed by atoms with Gasteiger partial charge in [0.1, 0.15) is 47.1 Å². The van der Waals surface area contributed by atoms with Crippen molar-refractivity contribution in [1.82, 2.24) is 15.5 Å². The first-order valence-corrected chi connectivity index (χ1v) is 21.5. The first-order chi connectivity index (χ1) is 30.6. The molecule has 1 fully saturated rings. The summed E-state index contributed by atoms with van der Waals surface area (Å²) in [5.74, 6) is -3.92. The number of amides is 4. The fraction of sp³-hybridized carbons (Fsp3) is 0.429. The molecule has 5 rings (SSSR count).